The average Bonchev–Trinajstić information content (AvgIpc) is 2.64. The van der Waals surface area contributed by atoms with Crippen LogP contribution in [0.1, 0.15) is 29.5 Å². The molecule has 0 saturated heterocycles. The van der Waals surface area contributed by atoms with Gasteiger partial charge in [0, 0.05) is 0 Å². The number of rotatable bonds is 8. The summed E-state index contributed by atoms with van der Waals surface area (Å²) in [5, 5.41) is 9.66. The molecule has 2 rings (SSSR count). The number of nitrogens with zero attached hydrogens (tertiary/aromatic N) is 1. The highest BCUT2D eigenvalue weighted by Crippen LogP contribution is 2.32. The maximum absolute atomic E-state index is 12.1. The van der Waals surface area contributed by atoms with Crippen molar-refractivity contribution < 1.29 is 14.3 Å². The van der Waals surface area contributed by atoms with Crippen molar-refractivity contribution in [2.45, 2.75) is 26.2 Å². The molecule has 2 aromatic rings. The molecule has 136 valence electrons. The van der Waals surface area contributed by atoms with Gasteiger partial charge in [-0.25, -0.2) is 0 Å². The highest BCUT2D eigenvalue weighted by molar-refractivity contribution is 5.78. The zero-order chi connectivity index (χ0) is 19.1. The minimum absolute atomic E-state index is 0.351. The Morgan fingerprint density at radius 1 is 1.19 bits per heavy atom. The smallest absolute Gasteiger partial charge is 0.222 e. The summed E-state index contributed by atoms with van der Waals surface area (Å²) in [6.45, 7) is 4.40. The second kappa shape index (κ2) is 8.91. The third-order valence-corrected chi connectivity index (χ3v) is 4.33. The summed E-state index contributed by atoms with van der Waals surface area (Å²) in [6, 6.07) is 15.3. The fourth-order valence-electron chi connectivity index (χ4n) is 2.92. The molecule has 2 atom stereocenters. The van der Waals surface area contributed by atoms with Crippen LogP contribution in [-0.4, -0.2) is 19.6 Å². The van der Waals surface area contributed by atoms with Gasteiger partial charge in [0.05, 0.1) is 31.6 Å². The van der Waals surface area contributed by atoms with E-state index >= 15 is 0 Å². The van der Waals surface area contributed by atoms with Gasteiger partial charge in [0.2, 0.25) is 5.91 Å². The lowest BCUT2D eigenvalue weighted by Crippen LogP contribution is -2.30. The third-order valence-electron chi connectivity index (χ3n) is 4.33. The van der Waals surface area contributed by atoms with Gasteiger partial charge in [-0.05, 0) is 43.5 Å². The summed E-state index contributed by atoms with van der Waals surface area (Å²) in [5.74, 6) is -0.498. The highest BCUT2D eigenvalue weighted by Gasteiger charge is 2.28. The number of hydrogen-bond acceptors (Lipinski definition) is 4. The average molecular weight is 352 g/mol. The lowest BCUT2D eigenvalue weighted by molar-refractivity contribution is -0.122. The molecule has 0 aliphatic rings. The Bertz CT molecular complexity index is 794. The summed E-state index contributed by atoms with van der Waals surface area (Å²) >= 11 is 0. The lowest BCUT2D eigenvalue weighted by Gasteiger charge is -2.20. The Labute approximate surface area is 154 Å². The number of carbonyl (C=O) groups is 1. The Hall–Kier alpha value is -3.00. The van der Waals surface area contributed by atoms with E-state index in [0.29, 0.717) is 24.5 Å². The number of nitrogens with two attached hydrogens (primary N) is 1. The van der Waals surface area contributed by atoms with Crippen LogP contribution in [-0.2, 0) is 11.2 Å². The molecular weight excluding hydrogens is 328 g/mol. The van der Waals surface area contributed by atoms with Crippen molar-refractivity contribution in [3.63, 3.8) is 0 Å². The Morgan fingerprint density at radius 3 is 2.42 bits per heavy atom. The minimum atomic E-state index is -0.634. The quantitative estimate of drug-likeness (QED) is 0.789. The second-order valence-electron chi connectivity index (χ2n) is 6.15. The molecule has 0 radical (unpaired) electrons. The summed E-state index contributed by atoms with van der Waals surface area (Å²) in [6.07, 6.45) is 0.351. The fraction of sp³-hybridized carbons (Fsp3) is 0.333. The first-order valence-corrected chi connectivity index (χ1v) is 8.55. The number of ether oxygens (including phenoxy) is 2. The number of carbonyl (C=O) groups excluding carboxylic acids is 1. The topological polar surface area (TPSA) is 85.3 Å². The molecule has 5 heteroatoms. The molecule has 26 heavy (non-hydrogen) atoms. The molecule has 0 spiro atoms. The van der Waals surface area contributed by atoms with E-state index < -0.39 is 17.7 Å². The number of benzene rings is 2. The van der Waals surface area contributed by atoms with Gasteiger partial charge in [0.1, 0.15) is 0 Å². The minimum Gasteiger partial charge on any atom is -0.493 e. The van der Waals surface area contributed by atoms with E-state index in [1.54, 1.807) is 7.11 Å². The summed E-state index contributed by atoms with van der Waals surface area (Å²) in [5.41, 5.74) is 8.38. The van der Waals surface area contributed by atoms with Crippen molar-refractivity contribution in [2.75, 3.05) is 13.7 Å². The van der Waals surface area contributed by atoms with Crippen molar-refractivity contribution in [3.8, 4) is 17.6 Å². The lowest BCUT2D eigenvalue weighted by atomic mass is 9.82. The molecule has 2 unspecified atom stereocenters. The van der Waals surface area contributed by atoms with Crippen molar-refractivity contribution in [3.05, 3.63) is 59.2 Å². The summed E-state index contributed by atoms with van der Waals surface area (Å²) in [4.78, 5) is 12.1. The summed E-state index contributed by atoms with van der Waals surface area (Å²) < 4.78 is 10.9. The van der Waals surface area contributed by atoms with Crippen molar-refractivity contribution in [1.82, 2.24) is 0 Å². The monoisotopic (exact) mass is 352 g/mol. The van der Waals surface area contributed by atoms with Crippen LogP contribution in [0, 0.1) is 24.2 Å². The Kier molecular flexibility index (Phi) is 6.62. The molecule has 0 fully saturated rings. The number of methoxy groups -OCH3 is 1. The molecule has 0 aromatic heterocycles. The number of nitriles is 1. The molecule has 0 saturated carbocycles. The van der Waals surface area contributed by atoms with Gasteiger partial charge in [-0.15, -0.1) is 0 Å². The van der Waals surface area contributed by atoms with E-state index in [4.69, 9.17) is 15.2 Å². The molecule has 0 aliphatic carbocycles. The van der Waals surface area contributed by atoms with E-state index in [2.05, 4.69) is 6.07 Å². The first-order valence-electron chi connectivity index (χ1n) is 8.55. The van der Waals surface area contributed by atoms with Crippen molar-refractivity contribution in [1.29, 1.82) is 5.26 Å². The Balaban J connectivity index is 2.31. The van der Waals surface area contributed by atoms with Crippen molar-refractivity contribution >= 4 is 5.91 Å². The number of amides is 1. The van der Waals surface area contributed by atoms with E-state index in [-0.39, 0.29) is 0 Å². The Morgan fingerprint density at radius 2 is 1.88 bits per heavy atom. The van der Waals surface area contributed by atoms with Crippen LogP contribution in [0.15, 0.2) is 42.5 Å². The molecule has 2 N–H and O–H groups in total. The second-order valence-corrected chi connectivity index (χ2v) is 6.15. The van der Waals surface area contributed by atoms with Crippen LogP contribution in [0.5, 0.6) is 11.5 Å². The highest BCUT2D eigenvalue weighted by atomic mass is 16.5. The zero-order valence-corrected chi connectivity index (χ0v) is 15.4. The first kappa shape index (κ1) is 19.3. The predicted octanol–water partition coefficient (Wildman–Crippen LogP) is 3.35. The number of hydrogen-bond donors (Lipinski definition) is 1. The van der Waals surface area contributed by atoms with E-state index in [0.717, 1.165) is 16.7 Å². The molecule has 5 nitrogen and oxygen atoms in total. The van der Waals surface area contributed by atoms with Crippen LogP contribution >= 0.6 is 0 Å². The van der Waals surface area contributed by atoms with Gasteiger partial charge in [0.15, 0.2) is 11.5 Å². The molecule has 0 bridgehead atoms. The van der Waals surface area contributed by atoms with Crippen LogP contribution in [0.2, 0.25) is 0 Å². The van der Waals surface area contributed by atoms with E-state index in [1.165, 1.54) is 0 Å². The predicted molar refractivity (Wildman–Crippen MR) is 100 cm³/mol. The standard InChI is InChI=1S/C21H24N2O3/c1-4-26-19-10-7-15(12-20(19)25-3)11-17(21(23)24)18(13-22)16-8-5-14(2)6-9-16/h5-10,12,17-18H,4,11H2,1-3H3,(H2,23,24). The van der Waals surface area contributed by atoms with Crippen LogP contribution < -0.4 is 15.2 Å². The molecule has 2 aromatic carbocycles. The number of aryl methyl sites for hydroxylation is 1. The molecule has 0 heterocycles. The molecule has 1 amide bonds. The fourth-order valence-corrected chi connectivity index (χ4v) is 2.92. The van der Waals surface area contributed by atoms with Gasteiger partial charge in [0.25, 0.3) is 0 Å². The van der Waals surface area contributed by atoms with Crippen LogP contribution in [0.25, 0.3) is 0 Å². The zero-order valence-electron chi connectivity index (χ0n) is 15.4. The van der Waals surface area contributed by atoms with Gasteiger partial charge in [-0.3, -0.25) is 4.79 Å². The van der Waals surface area contributed by atoms with E-state index in [9.17, 15) is 10.1 Å². The first-order chi connectivity index (χ1) is 12.5. The maximum Gasteiger partial charge on any atom is 0.222 e. The van der Waals surface area contributed by atoms with E-state index in [1.807, 2.05) is 56.3 Å². The number of primary amides is 1. The normalized spacial score (nSPS) is 12.7. The SMILES string of the molecule is CCOc1ccc(CC(C(N)=O)C(C#N)c2ccc(C)cc2)cc1OC. The largest absolute Gasteiger partial charge is 0.493 e. The van der Waals surface area contributed by atoms with Crippen LogP contribution in [0.3, 0.4) is 0 Å². The van der Waals surface area contributed by atoms with Crippen molar-refractivity contribution in [2.24, 2.45) is 11.7 Å². The van der Waals surface area contributed by atoms with Crippen LogP contribution in [0.4, 0.5) is 0 Å². The summed E-state index contributed by atoms with van der Waals surface area (Å²) in [7, 11) is 1.57. The molecular formula is C21H24N2O3. The maximum atomic E-state index is 12.1. The third kappa shape index (κ3) is 4.54. The van der Waals surface area contributed by atoms with Gasteiger partial charge in [-0.2, -0.15) is 5.26 Å². The van der Waals surface area contributed by atoms with Gasteiger partial charge >= 0.3 is 0 Å². The van der Waals surface area contributed by atoms with Gasteiger partial charge < -0.3 is 15.2 Å². The van der Waals surface area contributed by atoms with Gasteiger partial charge in [-0.1, -0.05) is 35.9 Å². The molecule has 0 aliphatic heterocycles.